The molecule has 9 heteroatoms. The van der Waals surface area contributed by atoms with Crippen LogP contribution in [0.15, 0.2) is 30.5 Å². The van der Waals surface area contributed by atoms with Crippen molar-refractivity contribution in [3.05, 3.63) is 51.7 Å². The molecule has 0 radical (unpaired) electrons. The average Bonchev–Trinajstić information content (AvgIpc) is 3.02. The van der Waals surface area contributed by atoms with Gasteiger partial charge in [0.25, 0.3) is 0 Å². The van der Waals surface area contributed by atoms with Crippen LogP contribution in [0.5, 0.6) is 0 Å². The van der Waals surface area contributed by atoms with Crippen molar-refractivity contribution in [3.8, 4) is 0 Å². The fraction of sp³-hybridized carbons (Fsp3) is 0.312. The van der Waals surface area contributed by atoms with Gasteiger partial charge in [-0.2, -0.15) is 4.98 Å². The number of carbonyl (C=O) groups excluding carboxylic acids is 1. The van der Waals surface area contributed by atoms with Gasteiger partial charge >= 0.3 is 5.69 Å². The minimum Gasteiger partial charge on any atom is -0.378 e. The second-order valence-corrected chi connectivity index (χ2v) is 5.77. The molecule has 1 aliphatic rings. The third-order valence-corrected chi connectivity index (χ3v) is 4.04. The lowest BCUT2D eigenvalue weighted by Crippen LogP contribution is -2.25. The van der Waals surface area contributed by atoms with Gasteiger partial charge in [-0.25, -0.2) is 4.98 Å². The molecule has 0 saturated heterocycles. The Hall–Kier alpha value is -3.23. The van der Waals surface area contributed by atoms with Crippen molar-refractivity contribution < 1.29 is 9.72 Å². The first-order chi connectivity index (χ1) is 12.0. The molecule has 2 aromatic rings. The molecule has 2 heterocycles. The Morgan fingerprint density at radius 3 is 2.60 bits per heavy atom. The number of aromatic nitrogens is 2. The van der Waals surface area contributed by atoms with Crippen LogP contribution in [0.2, 0.25) is 0 Å². The molecule has 0 spiro atoms. The number of anilines is 2. The van der Waals surface area contributed by atoms with Gasteiger partial charge < -0.3 is 16.0 Å². The van der Waals surface area contributed by atoms with Crippen LogP contribution < -0.4 is 11.1 Å². The zero-order chi connectivity index (χ0) is 17.8. The predicted octanol–water partition coefficient (Wildman–Crippen LogP) is 1.70. The molecular formula is C16H18N6O3. The lowest BCUT2D eigenvalue weighted by molar-refractivity contribution is -0.384. The number of hydrogen-bond acceptors (Lipinski definition) is 7. The number of fused-ring (bicyclic) bond motifs is 1. The quantitative estimate of drug-likeness (QED) is 0.464. The van der Waals surface area contributed by atoms with Crippen LogP contribution in [0.1, 0.15) is 24.0 Å². The van der Waals surface area contributed by atoms with E-state index in [4.69, 9.17) is 5.73 Å². The average molecular weight is 342 g/mol. The molecular weight excluding hydrogens is 324 g/mol. The van der Waals surface area contributed by atoms with E-state index in [1.54, 1.807) is 0 Å². The summed E-state index contributed by atoms with van der Waals surface area (Å²) in [6.45, 7) is 1.79. The summed E-state index contributed by atoms with van der Waals surface area (Å²) in [6.07, 6.45) is 2.08. The van der Waals surface area contributed by atoms with Gasteiger partial charge in [-0.05, 0) is 17.5 Å². The van der Waals surface area contributed by atoms with Crippen molar-refractivity contribution >= 4 is 23.4 Å². The molecule has 25 heavy (non-hydrogen) atoms. The monoisotopic (exact) mass is 342 g/mol. The van der Waals surface area contributed by atoms with Crippen molar-refractivity contribution in [2.24, 2.45) is 0 Å². The standard InChI is InChI=1S/C16H18N6O3/c17-15-13(22(24)25)8-19-16(20-15)18-7-3-6-14(23)21-9-11-4-1-2-5-12(11)10-21/h1-2,4-5,8H,3,6-7,9-10H2,(H3,17,18,19,20). The number of nitrogens with zero attached hydrogens (tertiary/aromatic N) is 4. The topological polar surface area (TPSA) is 127 Å². The molecule has 0 aliphatic carbocycles. The van der Waals surface area contributed by atoms with Gasteiger partial charge in [0.05, 0.1) is 4.92 Å². The molecule has 0 unspecified atom stereocenters. The van der Waals surface area contributed by atoms with E-state index in [0.717, 1.165) is 6.20 Å². The summed E-state index contributed by atoms with van der Waals surface area (Å²) in [5, 5.41) is 13.6. The summed E-state index contributed by atoms with van der Waals surface area (Å²) in [5.74, 6) is 0.125. The predicted molar refractivity (Wildman–Crippen MR) is 91.5 cm³/mol. The first kappa shape index (κ1) is 16.6. The van der Waals surface area contributed by atoms with Gasteiger partial charge in [-0.1, -0.05) is 24.3 Å². The van der Waals surface area contributed by atoms with Crippen LogP contribution in [0.3, 0.4) is 0 Å². The highest BCUT2D eigenvalue weighted by atomic mass is 16.6. The first-order valence-electron chi connectivity index (χ1n) is 7.90. The van der Waals surface area contributed by atoms with E-state index in [2.05, 4.69) is 15.3 Å². The summed E-state index contributed by atoms with van der Waals surface area (Å²) in [6, 6.07) is 8.04. The minimum atomic E-state index is -0.633. The summed E-state index contributed by atoms with van der Waals surface area (Å²) >= 11 is 0. The second kappa shape index (κ2) is 7.12. The van der Waals surface area contributed by atoms with Gasteiger partial charge in [-0.15, -0.1) is 0 Å². The number of nitrogens with two attached hydrogens (primary N) is 1. The summed E-state index contributed by atoms with van der Waals surface area (Å²) < 4.78 is 0. The van der Waals surface area contributed by atoms with E-state index in [1.165, 1.54) is 11.1 Å². The molecule has 3 rings (SSSR count). The molecule has 1 aliphatic heterocycles. The van der Waals surface area contributed by atoms with Crippen molar-refractivity contribution in [1.29, 1.82) is 0 Å². The van der Waals surface area contributed by atoms with Gasteiger partial charge in [0.2, 0.25) is 17.7 Å². The Bertz CT molecular complexity index is 785. The zero-order valence-corrected chi connectivity index (χ0v) is 13.5. The number of nitrogen functional groups attached to an aromatic ring is 1. The number of amides is 1. The smallest absolute Gasteiger partial charge is 0.329 e. The third-order valence-electron chi connectivity index (χ3n) is 4.04. The maximum Gasteiger partial charge on any atom is 0.329 e. The Balaban J connectivity index is 1.44. The van der Waals surface area contributed by atoms with Gasteiger partial charge in [0, 0.05) is 26.1 Å². The molecule has 9 nitrogen and oxygen atoms in total. The van der Waals surface area contributed by atoms with E-state index in [1.807, 2.05) is 29.2 Å². The van der Waals surface area contributed by atoms with E-state index < -0.39 is 4.92 Å². The Labute approximate surface area is 144 Å². The molecule has 3 N–H and O–H groups in total. The van der Waals surface area contributed by atoms with Crippen LogP contribution in [0.4, 0.5) is 17.5 Å². The molecule has 1 aromatic heterocycles. The van der Waals surface area contributed by atoms with E-state index in [0.29, 0.717) is 32.5 Å². The SMILES string of the molecule is Nc1nc(NCCCC(=O)N2Cc3ccccc3C2)ncc1[N+](=O)[O-]. The van der Waals surface area contributed by atoms with E-state index >= 15 is 0 Å². The van der Waals surface area contributed by atoms with Crippen LogP contribution in [-0.2, 0) is 17.9 Å². The van der Waals surface area contributed by atoms with Gasteiger partial charge in [-0.3, -0.25) is 14.9 Å². The van der Waals surface area contributed by atoms with Crippen LogP contribution in [-0.4, -0.2) is 32.2 Å². The van der Waals surface area contributed by atoms with Crippen molar-refractivity contribution in [3.63, 3.8) is 0 Å². The number of hydrogen-bond donors (Lipinski definition) is 2. The number of rotatable bonds is 6. The maximum atomic E-state index is 12.3. The molecule has 1 amide bonds. The highest BCUT2D eigenvalue weighted by Gasteiger charge is 2.22. The first-order valence-corrected chi connectivity index (χ1v) is 7.90. The van der Waals surface area contributed by atoms with E-state index in [9.17, 15) is 14.9 Å². The lowest BCUT2D eigenvalue weighted by Gasteiger charge is -2.15. The van der Waals surface area contributed by atoms with Crippen LogP contribution >= 0.6 is 0 Å². The fourth-order valence-corrected chi connectivity index (χ4v) is 2.72. The normalized spacial score (nSPS) is 12.7. The largest absolute Gasteiger partial charge is 0.378 e. The molecule has 0 fully saturated rings. The Morgan fingerprint density at radius 1 is 1.32 bits per heavy atom. The molecule has 130 valence electrons. The van der Waals surface area contributed by atoms with Crippen molar-refractivity contribution in [1.82, 2.24) is 14.9 Å². The fourth-order valence-electron chi connectivity index (χ4n) is 2.72. The van der Waals surface area contributed by atoms with E-state index in [-0.39, 0.29) is 23.4 Å². The summed E-state index contributed by atoms with van der Waals surface area (Å²) in [7, 11) is 0. The zero-order valence-electron chi connectivity index (χ0n) is 13.5. The molecule has 1 aromatic carbocycles. The van der Waals surface area contributed by atoms with Crippen LogP contribution in [0, 0.1) is 10.1 Å². The molecule has 0 saturated carbocycles. The van der Waals surface area contributed by atoms with Gasteiger partial charge in [0.1, 0.15) is 6.20 Å². The van der Waals surface area contributed by atoms with Crippen LogP contribution in [0.25, 0.3) is 0 Å². The Kier molecular flexibility index (Phi) is 4.73. The number of nitrogens with one attached hydrogen (secondary N) is 1. The summed E-state index contributed by atoms with van der Waals surface area (Å²) in [5.41, 5.74) is 7.58. The molecule has 0 bridgehead atoms. The summed E-state index contributed by atoms with van der Waals surface area (Å²) in [4.78, 5) is 31.8. The highest BCUT2D eigenvalue weighted by molar-refractivity contribution is 5.77. The second-order valence-electron chi connectivity index (χ2n) is 5.77. The third kappa shape index (κ3) is 3.82. The highest BCUT2D eigenvalue weighted by Crippen LogP contribution is 2.23. The molecule has 0 atom stereocenters. The number of benzene rings is 1. The minimum absolute atomic E-state index is 0.0992. The van der Waals surface area contributed by atoms with Crippen molar-refractivity contribution in [2.45, 2.75) is 25.9 Å². The maximum absolute atomic E-state index is 12.3. The lowest BCUT2D eigenvalue weighted by atomic mass is 10.1. The number of carbonyl (C=O) groups is 1. The van der Waals surface area contributed by atoms with Crippen molar-refractivity contribution in [2.75, 3.05) is 17.6 Å². The van der Waals surface area contributed by atoms with Gasteiger partial charge in [0.15, 0.2) is 0 Å². The number of nitro groups is 1. The Morgan fingerprint density at radius 2 is 2.00 bits per heavy atom.